The van der Waals surface area contributed by atoms with E-state index in [9.17, 15) is 29.8 Å². The molecule has 0 aliphatic heterocycles. The number of hydrogen-bond acceptors (Lipinski definition) is 10. The number of nitrogens with zero attached hydrogens (tertiary/aromatic N) is 2. The molecule has 0 spiro atoms. The van der Waals surface area contributed by atoms with E-state index in [-0.39, 0.29) is 26.9 Å². The first-order valence-electron chi connectivity index (χ1n) is 8.92. The number of azo groups is 1. The second-order valence-electron chi connectivity index (χ2n) is 6.62. The molecule has 33 heavy (non-hydrogen) atoms. The highest BCUT2D eigenvalue weighted by molar-refractivity contribution is 7.91. The van der Waals surface area contributed by atoms with Gasteiger partial charge in [-0.15, -0.1) is 5.11 Å². The van der Waals surface area contributed by atoms with Gasteiger partial charge in [0.2, 0.25) is 0 Å². The van der Waals surface area contributed by atoms with Gasteiger partial charge in [-0.25, -0.2) is 12.6 Å². The quantitative estimate of drug-likeness (QED) is 0.227. The van der Waals surface area contributed by atoms with Crippen LogP contribution in [0, 0.1) is 0 Å². The van der Waals surface area contributed by atoms with Gasteiger partial charge in [-0.1, -0.05) is 12.1 Å². The van der Waals surface area contributed by atoms with E-state index in [1.807, 2.05) is 0 Å². The number of sulfone groups is 1. The van der Waals surface area contributed by atoms with E-state index in [1.54, 1.807) is 6.07 Å². The summed E-state index contributed by atoms with van der Waals surface area (Å²) in [5, 5.41) is 9.03. The van der Waals surface area contributed by atoms with Crippen molar-refractivity contribution in [3.63, 3.8) is 0 Å². The summed E-state index contributed by atoms with van der Waals surface area (Å²) in [4.78, 5) is -0.413. The summed E-state index contributed by atoms with van der Waals surface area (Å²) in [5.74, 6) is -0.675. The molecule has 0 aliphatic carbocycles. The molecule has 15 heteroatoms. The van der Waals surface area contributed by atoms with E-state index in [0.29, 0.717) is 10.8 Å². The van der Waals surface area contributed by atoms with E-state index < -0.39 is 42.7 Å². The van der Waals surface area contributed by atoms with Crippen LogP contribution in [0.4, 0.5) is 17.1 Å². The van der Waals surface area contributed by atoms with Crippen LogP contribution in [-0.4, -0.2) is 46.7 Å². The highest BCUT2D eigenvalue weighted by atomic mass is 32.3. The van der Waals surface area contributed by atoms with Crippen molar-refractivity contribution < 1.29 is 38.5 Å². The molecule has 176 valence electrons. The fourth-order valence-electron chi connectivity index (χ4n) is 2.78. The predicted octanol–water partition coefficient (Wildman–Crippen LogP) is 2.68. The SMILES string of the molecule is Nc1ccc2cc(S(=O)(=O)O)ccc2c1/N=N/c1ccc(S(=O)(=O)CCOS(=O)(=O)O)cc1. The van der Waals surface area contributed by atoms with Crippen LogP contribution in [0.2, 0.25) is 0 Å². The van der Waals surface area contributed by atoms with Crippen molar-refractivity contribution >= 4 is 58.2 Å². The molecule has 0 amide bonds. The molecule has 3 aromatic carbocycles. The van der Waals surface area contributed by atoms with Crippen molar-refractivity contribution in [2.75, 3.05) is 18.1 Å². The Morgan fingerprint density at radius 2 is 1.45 bits per heavy atom. The third kappa shape index (κ3) is 6.31. The molecule has 0 aliphatic rings. The number of rotatable bonds is 8. The molecule has 0 heterocycles. The standard InChI is InChI=1S/C18H17N3O9S3/c19-17-8-1-12-11-15(32(24,25)26)6-7-16(12)18(17)21-20-13-2-4-14(5-3-13)31(22,23)10-9-30-33(27,28)29/h1-8,11H,9-10,19H2,(H,24,25,26)(H,27,28,29)/b21-20+. The van der Waals surface area contributed by atoms with Crippen molar-refractivity contribution in [1.29, 1.82) is 0 Å². The maximum absolute atomic E-state index is 12.2. The minimum atomic E-state index is -4.74. The predicted molar refractivity (Wildman–Crippen MR) is 118 cm³/mol. The number of benzene rings is 3. The molecular formula is C18H17N3O9S3. The Kier molecular flexibility index (Phi) is 6.83. The fraction of sp³-hybridized carbons (Fsp3) is 0.111. The molecule has 4 N–H and O–H groups in total. The molecule has 0 aromatic heterocycles. The Hall–Kier alpha value is -2.95. The average Bonchev–Trinajstić information content (AvgIpc) is 2.71. The molecule has 0 atom stereocenters. The van der Waals surface area contributed by atoms with E-state index >= 15 is 0 Å². The smallest absolute Gasteiger partial charge is 0.397 e. The first kappa shape index (κ1) is 24.7. The van der Waals surface area contributed by atoms with Gasteiger partial charge in [0.25, 0.3) is 10.1 Å². The molecule has 3 rings (SSSR count). The zero-order valence-corrected chi connectivity index (χ0v) is 19.0. The lowest BCUT2D eigenvalue weighted by Crippen LogP contribution is -2.15. The summed E-state index contributed by atoms with van der Waals surface area (Å²) >= 11 is 0. The van der Waals surface area contributed by atoms with Gasteiger partial charge in [-0.05, 0) is 47.9 Å². The van der Waals surface area contributed by atoms with Crippen molar-refractivity contribution in [1.82, 2.24) is 0 Å². The van der Waals surface area contributed by atoms with Crippen molar-refractivity contribution in [2.45, 2.75) is 9.79 Å². The number of anilines is 1. The second-order valence-corrected chi connectivity index (χ2v) is 11.2. The van der Waals surface area contributed by atoms with E-state index in [0.717, 1.165) is 0 Å². The minimum absolute atomic E-state index is 0.122. The summed E-state index contributed by atoms with van der Waals surface area (Å²) < 4.78 is 89.9. The van der Waals surface area contributed by atoms with Gasteiger partial charge < -0.3 is 5.73 Å². The summed E-state index contributed by atoms with van der Waals surface area (Å²) in [5.41, 5.74) is 6.73. The second kappa shape index (κ2) is 9.12. The number of nitrogens with two attached hydrogens (primary N) is 1. The van der Waals surface area contributed by atoms with Crippen LogP contribution in [0.3, 0.4) is 0 Å². The largest absolute Gasteiger partial charge is 0.397 e. The topological polar surface area (TPSA) is 203 Å². The lowest BCUT2D eigenvalue weighted by molar-refractivity contribution is 0.284. The maximum atomic E-state index is 12.2. The van der Waals surface area contributed by atoms with E-state index in [1.165, 1.54) is 48.5 Å². The Bertz CT molecular complexity index is 1550. The minimum Gasteiger partial charge on any atom is -0.397 e. The summed E-state index contributed by atoms with van der Waals surface area (Å²) in [6, 6.07) is 12.1. The average molecular weight is 516 g/mol. The molecule has 0 bridgehead atoms. The molecular weight excluding hydrogens is 498 g/mol. The monoisotopic (exact) mass is 515 g/mol. The van der Waals surface area contributed by atoms with Gasteiger partial charge in [0, 0.05) is 5.39 Å². The van der Waals surface area contributed by atoms with Gasteiger partial charge >= 0.3 is 10.4 Å². The molecule has 0 radical (unpaired) electrons. The first-order valence-corrected chi connectivity index (χ1v) is 13.4. The molecule has 12 nitrogen and oxygen atoms in total. The Labute approximate surface area is 189 Å². The zero-order chi connectivity index (χ0) is 24.4. The molecule has 0 fully saturated rings. The molecule has 3 aromatic rings. The fourth-order valence-corrected chi connectivity index (χ4v) is 4.78. The first-order chi connectivity index (χ1) is 15.3. The van der Waals surface area contributed by atoms with Crippen LogP contribution in [0.15, 0.2) is 74.6 Å². The Balaban J connectivity index is 1.85. The van der Waals surface area contributed by atoms with Crippen LogP contribution in [0.5, 0.6) is 0 Å². The number of fused-ring (bicyclic) bond motifs is 1. The van der Waals surface area contributed by atoms with E-state index in [4.69, 9.17) is 10.3 Å². The van der Waals surface area contributed by atoms with Crippen molar-refractivity contribution in [3.05, 3.63) is 54.6 Å². The maximum Gasteiger partial charge on any atom is 0.397 e. The lowest BCUT2D eigenvalue weighted by atomic mass is 10.1. The summed E-state index contributed by atoms with van der Waals surface area (Å²) in [6.45, 7) is -0.748. The van der Waals surface area contributed by atoms with Crippen LogP contribution < -0.4 is 5.73 Å². The van der Waals surface area contributed by atoms with Gasteiger partial charge in [-0.2, -0.15) is 21.9 Å². The van der Waals surface area contributed by atoms with Gasteiger partial charge in [-0.3, -0.25) is 9.11 Å². The third-order valence-electron chi connectivity index (χ3n) is 4.34. The van der Waals surface area contributed by atoms with Crippen LogP contribution in [0.1, 0.15) is 0 Å². The Morgan fingerprint density at radius 3 is 2.06 bits per heavy atom. The Morgan fingerprint density at radius 1 is 0.818 bits per heavy atom. The summed E-state index contributed by atoms with van der Waals surface area (Å²) in [6.07, 6.45) is 0. The lowest BCUT2D eigenvalue weighted by Gasteiger charge is -2.07. The van der Waals surface area contributed by atoms with Crippen molar-refractivity contribution in [3.8, 4) is 0 Å². The highest BCUT2D eigenvalue weighted by Gasteiger charge is 2.17. The van der Waals surface area contributed by atoms with E-state index in [2.05, 4.69) is 14.4 Å². The van der Waals surface area contributed by atoms with Crippen LogP contribution >= 0.6 is 0 Å². The highest BCUT2D eigenvalue weighted by Crippen LogP contribution is 2.34. The van der Waals surface area contributed by atoms with Crippen molar-refractivity contribution in [2.24, 2.45) is 10.2 Å². The zero-order valence-electron chi connectivity index (χ0n) is 16.6. The van der Waals surface area contributed by atoms with Gasteiger partial charge in [0.15, 0.2) is 9.84 Å². The molecule has 0 unspecified atom stereocenters. The van der Waals surface area contributed by atoms with Gasteiger partial charge in [0.05, 0.1) is 33.5 Å². The molecule has 0 saturated heterocycles. The normalized spacial score (nSPS) is 13.0. The third-order valence-corrected chi connectivity index (χ3v) is 7.35. The summed E-state index contributed by atoms with van der Waals surface area (Å²) in [7, 11) is -13.0. The molecule has 0 saturated carbocycles. The number of nitrogen functional groups attached to an aromatic ring is 1. The van der Waals surface area contributed by atoms with Crippen LogP contribution in [-0.2, 0) is 34.5 Å². The van der Waals surface area contributed by atoms with Crippen LogP contribution in [0.25, 0.3) is 10.8 Å². The number of hydrogen-bond donors (Lipinski definition) is 3. The van der Waals surface area contributed by atoms with Gasteiger partial charge in [0.1, 0.15) is 5.69 Å².